The van der Waals surface area contributed by atoms with Crippen LogP contribution in [0.25, 0.3) is 0 Å². The van der Waals surface area contributed by atoms with Crippen molar-refractivity contribution in [2.24, 2.45) is 34.0 Å². The van der Waals surface area contributed by atoms with Gasteiger partial charge in [-0.3, -0.25) is 9.59 Å². The van der Waals surface area contributed by atoms with Crippen LogP contribution in [0.3, 0.4) is 0 Å². The van der Waals surface area contributed by atoms with Crippen LogP contribution in [-0.4, -0.2) is 47.9 Å². The van der Waals surface area contributed by atoms with Gasteiger partial charge in [0.25, 0.3) is 10.4 Å². The van der Waals surface area contributed by atoms with E-state index in [-0.39, 0.29) is 64.2 Å². The standard InChI is InChI=1S/C27H41NO7S.Na/c1-25(2)12-5-13-27(4)21(25)10-14-26(3)20(19(7-9-22(26)27)17-35-36(32,33)34)8-6-18-11-15-28(24(18)31)16-23(29)30;/h11,17,20-22H,5-10,12-16H2,1-4H3,(H,29,30)(H,32,33,34);/q;+1/p-1/b19-17+;/t20-,21-,22-,26+,27-;/m0./s1. The van der Waals surface area contributed by atoms with Gasteiger partial charge in [0, 0.05) is 12.1 Å². The molecule has 0 aromatic rings. The summed E-state index contributed by atoms with van der Waals surface area (Å²) >= 11 is 0. The molecule has 0 spiro atoms. The van der Waals surface area contributed by atoms with Crippen LogP contribution >= 0.6 is 0 Å². The van der Waals surface area contributed by atoms with Gasteiger partial charge in [-0.05, 0) is 90.9 Å². The van der Waals surface area contributed by atoms with E-state index in [1.165, 1.54) is 24.2 Å². The fourth-order valence-corrected chi connectivity index (χ4v) is 9.09. The predicted molar refractivity (Wildman–Crippen MR) is 133 cm³/mol. The Kier molecular flexibility index (Phi) is 9.08. The molecule has 1 N–H and O–H groups in total. The number of hydrogen-bond acceptors (Lipinski definition) is 6. The summed E-state index contributed by atoms with van der Waals surface area (Å²) in [5, 5.41) is 9.08. The van der Waals surface area contributed by atoms with Crippen molar-refractivity contribution in [3.63, 3.8) is 0 Å². The number of rotatable bonds is 7. The summed E-state index contributed by atoms with van der Waals surface area (Å²) in [6.45, 7) is 9.54. The molecule has 0 unspecified atom stereocenters. The van der Waals surface area contributed by atoms with Crippen LogP contribution in [0.1, 0.15) is 85.5 Å². The second kappa shape index (κ2) is 11.0. The van der Waals surface area contributed by atoms with Gasteiger partial charge in [0.1, 0.15) is 12.8 Å². The van der Waals surface area contributed by atoms with E-state index in [0.717, 1.165) is 31.1 Å². The zero-order chi connectivity index (χ0) is 26.5. The first kappa shape index (κ1) is 30.7. The Balaban J connectivity index is 0.00000380. The van der Waals surface area contributed by atoms with Crippen LogP contribution in [0.4, 0.5) is 0 Å². The summed E-state index contributed by atoms with van der Waals surface area (Å²) in [5.74, 6) is -0.232. The van der Waals surface area contributed by atoms with Crippen molar-refractivity contribution in [3.8, 4) is 0 Å². The molecule has 0 saturated heterocycles. The van der Waals surface area contributed by atoms with Gasteiger partial charge in [-0.1, -0.05) is 40.2 Å². The van der Waals surface area contributed by atoms with Crippen molar-refractivity contribution in [3.05, 3.63) is 23.5 Å². The van der Waals surface area contributed by atoms with Crippen LogP contribution in [0, 0.1) is 34.0 Å². The van der Waals surface area contributed by atoms with Crippen LogP contribution in [-0.2, 0) is 24.2 Å². The zero-order valence-electron chi connectivity index (χ0n) is 22.9. The summed E-state index contributed by atoms with van der Waals surface area (Å²) in [5.41, 5.74) is 1.80. The van der Waals surface area contributed by atoms with E-state index in [0.29, 0.717) is 43.2 Å². The van der Waals surface area contributed by atoms with Crippen molar-refractivity contribution in [2.45, 2.75) is 85.5 Å². The minimum Gasteiger partial charge on any atom is -0.716 e. The third kappa shape index (κ3) is 6.01. The molecule has 1 heterocycles. The number of carbonyl (C=O) groups excluding carboxylic acids is 1. The van der Waals surface area contributed by atoms with Gasteiger partial charge in [-0.15, -0.1) is 0 Å². The second-order valence-corrected chi connectivity index (χ2v) is 13.6. The molecule has 4 rings (SSSR count). The van der Waals surface area contributed by atoms with Crippen LogP contribution in [0.15, 0.2) is 23.5 Å². The maximum atomic E-state index is 12.8. The summed E-state index contributed by atoms with van der Waals surface area (Å²) in [6, 6.07) is 0. The molecule has 0 radical (unpaired) electrons. The Hall–Kier alpha value is -0.870. The molecule has 0 bridgehead atoms. The van der Waals surface area contributed by atoms with Gasteiger partial charge in [-0.25, -0.2) is 8.42 Å². The topological polar surface area (TPSA) is 124 Å². The third-order valence-electron chi connectivity index (χ3n) is 10.3. The molecule has 1 aliphatic heterocycles. The van der Waals surface area contributed by atoms with Gasteiger partial charge >= 0.3 is 35.5 Å². The molecule has 202 valence electrons. The number of hydrogen-bond donors (Lipinski definition) is 1. The Bertz CT molecular complexity index is 1080. The number of carbonyl (C=O) groups is 2. The number of amides is 1. The Morgan fingerprint density at radius 2 is 1.86 bits per heavy atom. The first-order valence-corrected chi connectivity index (χ1v) is 14.5. The van der Waals surface area contributed by atoms with E-state index >= 15 is 0 Å². The molecule has 3 fully saturated rings. The molecule has 3 aliphatic carbocycles. The van der Waals surface area contributed by atoms with E-state index in [1.807, 2.05) is 0 Å². The molecule has 3 saturated carbocycles. The van der Waals surface area contributed by atoms with Gasteiger partial charge in [0.2, 0.25) is 5.91 Å². The fourth-order valence-electron chi connectivity index (χ4n) is 8.85. The smallest absolute Gasteiger partial charge is 0.716 e. The van der Waals surface area contributed by atoms with Crippen LogP contribution in [0.2, 0.25) is 0 Å². The number of allylic oxidation sites excluding steroid dienone is 1. The Labute approximate surface area is 243 Å². The molecule has 10 heteroatoms. The molecule has 0 aromatic heterocycles. The average molecular weight is 546 g/mol. The minimum atomic E-state index is -4.85. The van der Waals surface area contributed by atoms with Crippen LogP contribution in [0.5, 0.6) is 0 Å². The third-order valence-corrected chi connectivity index (χ3v) is 10.6. The summed E-state index contributed by atoms with van der Waals surface area (Å²) in [6.07, 6.45) is 11.4. The van der Waals surface area contributed by atoms with E-state index in [9.17, 15) is 22.6 Å². The van der Waals surface area contributed by atoms with E-state index in [1.54, 1.807) is 6.08 Å². The quantitative estimate of drug-likeness (QED) is 0.223. The van der Waals surface area contributed by atoms with Crippen molar-refractivity contribution >= 4 is 22.3 Å². The zero-order valence-corrected chi connectivity index (χ0v) is 25.7. The van der Waals surface area contributed by atoms with Crippen molar-refractivity contribution in [1.29, 1.82) is 0 Å². The largest absolute Gasteiger partial charge is 1.00 e. The van der Waals surface area contributed by atoms with Crippen molar-refractivity contribution in [1.82, 2.24) is 4.90 Å². The maximum Gasteiger partial charge on any atom is 1.00 e. The monoisotopic (exact) mass is 545 g/mol. The average Bonchev–Trinajstić information content (AvgIpc) is 3.08. The second-order valence-electron chi connectivity index (χ2n) is 12.6. The predicted octanol–water partition coefficient (Wildman–Crippen LogP) is 1.64. The van der Waals surface area contributed by atoms with Gasteiger partial charge in [-0.2, -0.15) is 0 Å². The molecule has 37 heavy (non-hydrogen) atoms. The molecule has 8 nitrogen and oxygen atoms in total. The fraction of sp³-hybridized carbons (Fsp3) is 0.778. The normalized spacial score (nSPS) is 36.3. The molecule has 1 amide bonds. The van der Waals surface area contributed by atoms with Gasteiger partial charge < -0.3 is 18.7 Å². The first-order chi connectivity index (χ1) is 16.7. The van der Waals surface area contributed by atoms with Crippen molar-refractivity contribution < 1.29 is 61.4 Å². The molecule has 5 atom stereocenters. The summed E-state index contributed by atoms with van der Waals surface area (Å²) in [7, 11) is -4.85. The Morgan fingerprint density at radius 3 is 2.51 bits per heavy atom. The number of carboxylic acid groups (broad SMARTS) is 1. The van der Waals surface area contributed by atoms with E-state index < -0.39 is 16.4 Å². The molecular formula is C27H40NNaO7S. The molecule has 4 aliphatic rings. The number of fused-ring (bicyclic) bond motifs is 3. The number of aliphatic carboxylic acids is 1. The van der Waals surface area contributed by atoms with Crippen molar-refractivity contribution in [2.75, 3.05) is 13.1 Å². The number of carboxylic acids is 1. The number of nitrogens with zero attached hydrogens (tertiary/aromatic N) is 1. The first-order valence-electron chi connectivity index (χ1n) is 13.2. The van der Waals surface area contributed by atoms with Gasteiger partial charge in [0.15, 0.2) is 0 Å². The SMILES string of the molecule is CC1(C)CCC[C@]2(C)[C@H]3CC/C(=C\OS(=O)(=O)[O-])[C@H](CCC4=CCN(CC(=O)O)C4=O)[C@@]3(C)CC[C@@H]12.[Na+]. The summed E-state index contributed by atoms with van der Waals surface area (Å²) in [4.78, 5) is 25.2. The molecule has 0 aromatic carbocycles. The molecular weight excluding hydrogens is 505 g/mol. The van der Waals surface area contributed by atoms with Crippen LogP contribution < -0.4 is 29.6 Å². The van der Waals surface area contributed by atoms with E-state index in [2.05, 4.69) is 31.9 Å². The summed E-state index contributed by atoms with van der Waals surface area (Å²) < 4.78 is 38.4. The Morgan fingerprint density at radius 1 is 1.16 bits per heavy atom. The minimum absolute atomic E-state index is 0. The van der Waals surface area contributed by atoms with Gasteiger partial charge in [0.05, 0.1) is 0 Å². The maximum absolute atomic E-state index is 12.8. The van der Waals surface area contributed by atoms with E-state index in [4.69, 9.17) is 5.11 Å².